The lowest BCUT2D eigenvalue weighted by Gasteiger charge is -2.05. The lowest BCUT2D eigenvalue weighted by Crippen LogP contribution is -2.18. The molecule has 152 valence electrons. The number of hydrogen-bond donors (Lipinski definition) is 1. The van der Waals surface area contributed by atoms with Crippen LogP contribution in [0.3, 0.4) is 0 Å². The minimum Gasteiger partial charge on any atom is -0.342 e. The molecule has 0 fully saturated rings. The number of aromatic nitrogens is 1. The van der Waals surface area contributed by atoms with E-state index in [1.807, 2.05) is 42.0 Å². The fourth-order valence-corrected chi connectivity index (χ4v) is 4.02. The number of halogens is 1. The number of nitrogens with one attached hydrogen (secondary N) is 1. The minimum atomic E-state index is -3.74. The van der Waals surface area contributed by atoms with Crippen LogP contribution in [0.4, 0.5) is 4.39 Å². The van der Waals surface area contributed by atoms with Gasteiger partial charge in [0, 0.05) is 29.2 Å². The minimum absolute atomic E-state index is 0.156. The topological polar surface area (TPSA) is 63.5 Å². The third-order valence-corrected chi connectivity index (χ3v) is 6.03. The number of rotatable bonds is 6. The second-order valence-electron chi connectivity index (χ2n) is 7.02. The van der Waals surface area contributed by atoms with Crippen LogP contribution in [0.5, 0.6) is 0 Å². The number of sulfonamides is 1. The SMILES string of the molecule is Cc1ccc(S(=O)(=O)N/N=C\c2cn(Cc3ccc(F)cc3)c3ccccc23)cc1. The summed E-state index contributed by atoms with van der Waals surface area (Å²) in [4.78, 5) is 2.42. The van der Waals surface area contributed by atoms with E-state index in [9.17, 15) is 12.8 Å². The van der Waals surface area contributed by atoms with E-state index in [2.05, 4.69) is 9.93 Å². The Bertz CT molecular complexity index is 1310. The van der Waals surface area contributed by atoms with Gasteiger partial charge in [0.2, 0.25) is 0 Å². The maximum atomic E-state index is 13.2. The lowest BCUT2D eigenvalue weighted by atomic mass is 10.2. The first-order valence-electron chi connectivity index (χ1n) is 9.36. The average Bonchev–Trinajstić information content (AvgIpc) is 3.08. The molecule has 7 heteroatoms. The second-order valence-corrected chi connectivity index (χ2v) is 8.68. The standard InChI is InChI=1S/C23H20FN3O2S/c1-17-6-12-21(13-7-17)30(28,29)26-25-14-19-16-27(23-5-3-2-4-22(19)23)15-18-8-10-20(24)11-9-18/h2-14,16,26H,15H2,1H3/b25-14-. The molecule has 4 rings (SSSR count). The van der Waals surface area contributed by atoms with Crippen LogP contribution < -0.4 is 4.83 Å². The van der Waals surface area contributed by atoms with Crippen LogP contribution >= 0.6 is 0 Å². The number of benzene rings is 3. The molecule has 0 aliphatic heterocycles. The molecule has 0 radical (unpaired) electrons. The molecule has 0 amide bonds. The van der Waals surface area contributed by atoms with Crippen LogP contribution in [-0.4, -0.2) is 19.2 Å². The van der Waals surface area contributed by atoms with Gasteiger partial charge in [0.15, 0.2) is 0 Å². The maximum absolute atomic E-state index is 13.2. The highest BCUT2D eigenvalue weighted by molar-refractivity contribution is 7.89. The molecule has 1 heterocycles. The summed E-state index contributed by atoms with van der Waals surface area (Å²) < 4.78 is 40.0. The molecule has 0 unspecified atom stereocenters. The van der Waals surface area contributed by atoms with E-state index in [0.29, 0.717) is 6.54 Å². The Balaban J connectivity index is 1.59. The number of fused-ring (bicyclic) bond motifs is 1. The van der Waals surface area contributed by atoms with Gasteiger partial charge in [-0.2, -0.15) is 13.5 Å². The van der Waals surface area contributed by atoms with Crippen LogP contribution in [0, 0.1) is 12.7 Å². The molecule has 1 aromatic heterocycles. The van der Waals surface area contributed by atoms with E-state index in [1.165, 1.54) is 18.3 Å². The zero-order valence-corrected chi connectivity index (χ0v) is 17.1. The Morgan fingerprint density at radius 2 is 1.70 bits per heavy atom. The number of hydrogen-bond acceptors (Lipinski definition) is 3. The Hall–Kier alpha value is -3.45. The average molecular weight is 421 g/mol. The molecular formula is C23H20FN3O2S. The van der Waals surface area contributed by atoms with Gasteiger partial charge < -0.3 is 4.57 Å². The number of aryl methyl sites for hydroxylation is 1. The summed E-state index contributed by atoms with van der Waals surface area (Å²) >= 11 is 0. The van der Waals surface area contributed by atoms with Crippen molar-refractivity contribution < 1.29 is 12.8 Å². The predicted octanol–water partition coefficient (Wildman–Crippen LogP) is 4.45. The Labute approximate surface area is 174 Å². The molecule has 0 saturated heterocycles. The van der Waals surface area contributed by atoms with Crippen molar-refractivity contribution >= 4 is 27.1 Å². The van der Waals surface area contributed by atoms with Crippen LogP contribution in [0.25, 0.3) is 10.9 Å². The molecule has 3 aromatic carbocycles. The van der Waals surface area contributed by atoms with E-state index in [-0.39, 0.29) is 10.7 Å². The molecule has 0 atom stereocenters. The van der Waals surface area contributed by atoms with E-state index in [0.717, 1.165) is 27.6 Å². The summed E-state index contributed by atoms with van der Waals surface area (Å²) in [5, 5.41) is 4.91. The van der Waals surface area contributed by atoms with Crippen molar-refractivity contribution in [2.45, 2.75) is 18.4 Å². The largest absolute Gasteiger partial charge is 0.342 e. The van der Waals surface area contributed by atoms with Crippen molar-refractivity contribution in [1.29, 1.82) is 0 Å². The maximum Gasteiger partial charge on any atom is 0.276 e. The van der Waals surface area contributed by atoms with Crippen molar-refractivity contribution in [3.05, 3.63) is 102 Å². The van der Waals surface area contributed by atoms with E-state index in [1.54, 1.807) is 36.4 Å². The summed E-state index contributed by atoms with van der Waals surface area (Å²) in [5.41, 5.74) is 3.69. The molecule has 0 aliphatic rings. The monoisotopic (exact) mass is 421 g/mol. The molecular weight excluding hydrogens is 401 g/mol. The van der Waals surface area contributed by atoms with Crippen LogP contribution in [-0.2, 0) is 16.6 Å². The van der Waals surface area contributed by atoms with Gasteiger partial charge in [-0.15, -0.1) is 0 Å². The van der Waals surface area contributed by atoms with Crippen molar-refractivity contribution in [3.63, 3.8) is 0 Å². The highest BCUT2D eigenvalue weighted by atomic mass is 32.2. The molecule has 1 N–H and O–H groups in total. The fourth-order valence-electron chi connectivity index (χ4n) is 3.23. The molecule has 30 heavy (non-hydrogen) atoms. The van der Waals surface area contributed by atoms with Gasteiger partial charge in [-0.05, 0) is 42.8 Å². The fraction of sp³-hybridized carbons (Fsp3) is 0.0870. The Kier molecular flexibility index (Phi) is 5.37. The quantitative estimate of drug-likeness (QED) is 0.369. The Morgan fingerprint density at radius 1 is 1.00 bits per heavy atom. The summed E-state index contributed by atoms with van der Waals surface area (Å²) in [7, 11) is -3.74. The Morgan fingerprint density at radius 3 is 2.43 bits per heavy atom. The first-order valence-corrected chi connectivity index (χ1v) is 10.8. The van der Waals surface area contributed by atoms with Crippen molar-refractivity contribution in [3.8, 4) is 0 Å². The third-order valence-electron chi connectivity index (χ3n) is 4.79. The first kappa shape index (κ1) is 19.8. The molecule has 0 bridgehead atoms. The zero-order chi connectivity index (χ0) is 21.1. The van der Waals surface area contributed by atoms with Crippen molar-refractivity contribution in [1.82, 2.24) is 9.40 Å². The lowest BCUT2D eigenvalue weighted by molar-refractivity contribution is 0.584. The summed E-state index contributed by atoms with van der Waals surface area (Å²) in [6.45, 7) is 2.45. The molecule has 0 spiro atoms. The van der Waals surface area contributed by atoms with E-state index < -0.39 is 10.0 Å². The van der Waals surface area contributed by atoms with E-state index >= 15 is 0 Å². The predicted molar refractivity (Wildman–Crippen MR) is 117 cm³/mol. The van der Waals surface area contributed by atoms with Gasteiger partial charge in [0.1, 0.15) is 5.82 Å². The summed E-state index contributed by atoms with van der Waals surface area (Å²) in [5.74, 6) is -0.273. The molecule has 0 aliphatic carbocycles. The molecule has 5 nitrogen and oxygen atoms in total. The molecule has 0 saturated carbocycles. The van der Waals surface area contributed by atoms with Crippen LogP contribution in [0.2, 0.25) is 0 Å². The number of para-hydroxylation sites is 1. The molecule has 4 aromatic rings. The first-order chi connectivity index (χ1) is 14.4. The zero-order valence-electron chi connectivity index (χ0n) is 16.3. The number of hydrazone groups is 1. The van der Waals surface area contributed by atoms with Gasteiger partial charge in [0.05, 0.1) is 11.1 Å². The van der Waals surface area contributed by atoms with Gasteiger partial charge in [-0.25, -0.2) is 9.22 Å². The number of nitrogens with zero attached hydrogens (tertiary/aromatic N) is 2. The third kappa shape index (κ3) is 4.26. The van der Waals surface area contributed by atoms with Gasteiger partial charge in [-0.1, -0.05) is 48.0 Å². The van der Waals surface area contributed by atoms with Crippen LogP contribution in [0.1, 0.15) is 16.7 Å². The van der Waals surface area contributed by atoms with Crippen molar-refractivity contribution in [2.24, 2.45) is 5.10 Å². The summed E-state index contributed by atoms with van der Waals surface area (Å²) in [6, 6.07) is 20.7. The van der Waals surface area contributed by atoms with Gasteiger partial charge in [-0.3, -0.25) is 0 Å². The van der Waals surface area contributed by atoms with Crippen molar-refractivity contribution in [2.75, 3.05) is 0 Å². The van der Waals surface area contributed by atoms with Gasteiger partial charge >= 0.3 is 0 Å². The highest BCUT2D eigenvalue weighted by Gasteiger charge is 2.12. The normalized spacial score (nSPS) is 11.9. The highest BCUT2D eigenvalue weighted by Crippen LogP contribution is 2.21. The summed E-state index contributed by atoms with van der Waals surface area (Å²) in [6.07, 6.45) is 3.40. The van der Waals surface area contributed by atoms with Gasteiger partial charge in [0.25, 0.3) is 10.0 Å². The van der Waals surface area contributed by atoms with Crippen LogP contribution in [0.15, 0.2) is 89.0 Å². The second kappa shape index (κ2) is 8.12. The smallest absolute Gasteiger partial charge is 0.276 e. The van der Waals surface area contributed by atoms with E-state index in [4.69, 9.17) is 0 Å².